The van der Waals surface area contributed by atoms with Crippen molar-refractivity contribution in [2.75, 3.05) is 7.11 Å². The van der Waals surface area contributed by atoms with E-state index < -0.39 is 0 Å². The molecule has 1 N–H and O–H groups in total. The van der Waals surface area contributed by atoms with E-state index in [1.54, 1.807) is 7.11 Å². The van der Waals surface area contributed by atoms with E-state index >= 15 is 0 Å². The van der Waals surface area contributed by atoms with Gasteiger partial charge in [-0.1, -0.05) is 24.3 Å². The molecule has 2 aromatic carbocycles. The average molecular weight is 388 g/mol. The first kappa shape index (κ1) is 16.1. The Morgan fingerprint density at radius 1 is 0.895 bits per heavy atom. The quantitative estimate of drug-likeness (QED) is 0.725. The van der Waals surface area contributed by atoms with Crippen LogP contribution in [0.4, 0.5) is 0 Å². The average Bonchev–Trinajstić information content (AvgIpc) is 2.37. The lowest BCUT2D eigenvalue weighted by Crippen LogP contribution is -1.86. The highest BCUT2D eigenvalue weighted by Gasteiger charge is 2.00. The van der Waals surface area contributed by atoms with Crippen LogP contribution < -0.4 is 4.74 Å². The summed E-state index contributed by atoms with van der Waals surface area (Å²) in [6, 6.07) is 11.5. The second-order valence-corrected chi connectivity index (χ2v) is 5.70. The predicted molar refractivity (Wildman–Crippen MR) is 86.0 cm³/mol. The lowest BCUT2D eigenvalue weighted by atomic mass is 10.2. The Labute approximate surface area is 130 Å². The van der Waals surface area contributed by atoms with Gasteiger partial charge in [0.2, 0.25) is 0 Å². The van der Waals surface area contributed by atoms with Crippen molar-refractivity contribution in [2.24, 2.45) is 0 Å². The molecule has 0 saturated carbocycles. The van der Waals surface area contributed by atoms with Gasteiger partial charge in [0.25, 0.3) is 0 Å². The molecule has 102 valence electrons. The molecule has 0 saturated heterocycles. The summed E-state index contributed by atoms with van der Waals surface area (Å²) in [6.45, 7) is 3.88. The molecule has 0 aliphatic heterocycles. The van der Waals surface area contributed by atoms with Crippen LogP contribution in [-0.4, -0.2) is 12.2 Å². The minimum absolute atomic E-state index is 0.331. The Kier molecular flexibility index (Phi) is 6.38. The zero-order valence-corrected chi connectivity index (χ0v) is 14.2. The highest BCUT2D eigenvalue weighted by atomic mass is 79.9. The van der Waals surface area contributed by atoms with Gasteiger partial charge >= 0.3 is 0 Å². The van der Waals surface area contributed by atoms with Gasteiger partial charge in [0.05, 0.1) is 16.1 Å². The van der Waals surface area contributed by atoms with Crippen molar-refractivity contribution in [3.63, 3.8) is 0 Å². The summed E-state index contributed by atoms with van der Waals surface area (Å²) in [5.74, 6) is 1.25. The summed E-state index contributed by atoms with van der Waals surface area (Å²) in [5.41, 5.74) is 2.04. The van der Waals surface area contributed by atoms with Crippen LogP contribution in [0.5, 0.6) is 11.5 Å². The molecule has 2 rings (SSSR count). The number of hydrogen-bond donors (Lipinski definition) is 1. The number of aryl methyl sites for hydroxylation is 2. The van der Waals surface area contributed by atoms with Crippen molar-refractivity contribution in [3.8, 4) is 11.5 Å². The van der Waals surface area contributed by atoms with E-state index in [9.17, 15) is 0 Å². The number of benzene rings is 2. The van der Waals surface area contributed by atoms with Crippen LogP contribution in [0.25, 0.3) is 0 Å². The zero-order chi connectivity index (χ0) is 14.4. The predicted octanol–water partition coefficient (Wildman–Crippen LogP) is 5.23. The number of phenols is 1. The molecule has 0 aromatic heterocycles. The minimum Gasteiger partial charge on any atom is -0.506 e. The molecule has 0 fully saturated rings. The van der Waals surface area contributed by atoms with Crippen molar-refractivity contribution in [1.29, 1.82) is 0 Å². The summed E-state index contributed by atoms with van der Waals surface area (Å²) in [5, 5.41) is 9.16. The monoisotopic (exact) mass is 386 g/mol. The molecule has 0 unspecified atom stereocenters. The van der Waals surface area contributed by atoms with Gasteiger partial charge in [-0.05, 0) is 69.0 Å². The molecule has 2 aromatic rings. The van der Waals surface area contributed by atoms with Crippen molar-refractivity contribution in [2.45, 2.75) is 13.8 Å². The molecule has 4 heteroatoms. The standard InChI is InChI=1S/C8H9BrO.C7H7BrO/c1-6-4-3-5-7(9)8(6)10-2;1-5-3-2-4-6(8)7(5)9/h3-5H,1-2H3;2-4,9H,1H3. The van der Waals surface area contributed by atoms with Gasteiger partial charge < -0.3 is 9.84 Å². The molecular formula is C15H16Br2O2. The first-order valence-corrected chi connectivity index (χ1v) is 7.29. The second kappa shape index (κ2) is 7.56. The third-order valence-electron chi connectivity index (χ3n) is 2.56. The number of para-hydroxylation sites is 2. The fourth-order valence-electron chi connectivity index (χ4n) is 1.50. The number of aromatic hydroxyl groups is 1. The lowest BCUT2D eigenvalue weighted by molar-refractivity contribution is 0.409. The summed E-state index contributed by atoms with van der Waals surface area (Å²) >= 11 is 6.58. The Hall–Kier alpha value is -1.00. The number of halogens is 2. The van der Waals surface area contributed by atoms with E-state index in [4.69, 9.17) is 9.84 Å². The van der Waals surface area contributed by atoms with Crippen molar-refractivity contribution < 1.29 is 9.84 Å². The first-order valence-electron chi connectivity index (χ1n) is 5.70. The van der Waals surface area contributed by atoms with Crippen LogP contribution in [0.2, 0.25) is 0 Å². The van der Waals surface area contributed by atoms with Crippen molar-refractivity contribution in [1.82, 2.24) is 0 Å². The van der Waals surface area contributed by atoms with Crippen molar-refractivity contribution >= 4 is 31.9 Å². The molecular weight excluding hydrogens is 372 g/mol. The van der Waals surface area contributed by atoms with Crippen LogP contribution >= 0.6 is 31.9 Å². The molecule has 0 heterocycles. The van der Waals surface area contributed by atoms with Crippen LogP contribution in [-0.2, 0) is 0 Å². The second-order valence-electron chi connectivity index (χ2n) is 4.00. The smallest absolute Gasteiger partial charge is 0.135 e. The van der Waals surface area contributed by atoms with Crippen LogP contribution in [0.3, 0.4) is 0 Å². The van der Waals surface area contributed by atoms with E-state index in [-0.39, 0.29) is 0 Å². The van der Waals surface area contributed by atoms with Gasteiger partial charge in [-0.2, -0.15) is 0 Å². The van der Waals surface area contributed by atoms with Crippen LogP contribution in [0.15, 0.2) is 45.3 Å². The molecule has 0 spiro atoms. The SMILES string of the molecule is COc1c(C)cccc1Br.Cc1cccc(Br)c1O. The van der Waals surface area contributed by atoms with E-state index in [1.807, 2.05) is 50.2 Å². The molecule has 19 heavy (non-hydrogen) atoms. The Morgan fingerprint density at radius 3 is 1.79 bits per heavy atom. The third kappa shape index (κ3) is 4.55. The van der Waals surface area contributed by atoms with Gasteiger partial charge in [0.1, 0.15) is 11.5 Å². The van der Waals surface area contributed by atoms with E-state index in [1.165, 1.54) is 0 Å². The molecule has 0 radical (unpaired) electrons. The van der Waals surface area contributed by atoms with Gasteiger partial charge in [0, 0.05) is 0 Å². The summed E-state index contributed by atoms with van der Waals surface area (Å²) in [6.07, 6.45) is 0. The fraction of sp³-hybridized carbons (Fsp3) is 0.200. The molecule has 2 nitrogen and oxygen atoms in total. The summed E-state index contributed by atoms with van der Waals surface area (Å²) < 4.78 is 6.89. The molecule has 0 aliphatic carbocycles. The molecule has 0 atom stereocenters. The maximum atomic E-state index is 9.16. The molecule has 0 aliphatic rings. The summed E-state index contributed by atoms with van der Waals surface area (Å²) in [4.78, 5) is 0. The molecule has 0 bridgehead atoms. The number of rotatable bonds is 1. The number of phenolic OH excluding ortho intramolecular Hbond substituents is 1. The van der Waals surface area contributed by atoms with E-state index in [2.05, 4.69) is 31.9 Å². The molecule has 0 amide bonds. The van der Waals surface area contributed by atoms with Crippen LogP contribution in [0, 0.1) is 13.8 Å². The highest BCUT2D eigenvalue weighted by molar-refractivity contribution is 9.10. The maximum absolute atomic E-state index is 9.16. The Bertz CT molecular complexity index is 513. The lowest BCUT2D eigenvalue weighted by Gasteiger charge is -2.04. The fourth-order valence-corrected chi connectivity index (χ4v) is 2.59. The zero-order valence-electron chi connectivity index (χ0n) is 11.1. The third-order valence-corrected chi connectivity index (χ3v) is 3.82. The van der Waals surface area contributed by atoms with Crippen LogP contribution in [0.1, 0.15) is 11.1 Å². The minimum atomic E-state index is 0.331. The number of ether oxygens (including phenoxy) is 1. The first-order chi connectivity index (χ1) is 8.97. The van der Waals surface area contributed by atoms with Gasteiger partial charge in [0.15, 0.2) is 0 Å². The topological polar surface area (TPSA) is 29.5 Å². The van der Waals surface area contributed by atoms with E-state index in [0.29, 0.717) is 5.75 Å². The maximum Gasteiger partial charge on any atom is 0.135 e. The Morgan fingerprint density at radius 2 is 1.42 bits per heavy atom. The number of hydrogen-bond acceptors (Lipinski definition) is 2. The highest BCUT2D eigenvalue weighted by Crippen LogP contribution is 2.27. The van der Waals surface area contributed by atoms with Gasteiger partial charge in [-0.3, -0.25) is 0 Å². The number of methoxy groups -OCH3 is 1. The normalized spacial score (nSPS) is 9.53. The summed E-state index contributed by atoms with van der Waals surface area (Å²) in [7, 11) is 1.67. The van der Waals surface area contributed by atoms with Gasteiger partial charge in [-0.15, -0.1) is 0 Å². The van der Waals surface area contributed by atoms with Gasteiger partial charge in [-0.25, -0.2) is 0 Å². The Balaban J connectivity index is 0.000000191. The van der Waals surface area contributed by atoms with E-state index in [0.717, 1.165) is 25.8 Å². The van der Waals surface area contributed by atoms with Crippen molar-refractivity contribution in [3.05, 3.63) is 56.5 Å². The largest absolute Gasteiger partial charge is 0.506 e.